The minimum absolute atomic E-state index is 0.108. The number of aryl methyl sites for hydroxylation is 2. The summed E-state index contributed by atoms with van der Waals surface area (Å²) in [5.74, 6) is 1.03. The fourth-order valence-electron chi connectivity index (χ4n) is 2.36. The molecule has 2 nitrogen and oxygen atoms in total. The van der Waals surface area contributed by atoms with E-state index in [-0.39, 0.29) is 5.78 Å². The molecule has 104 valence electrons. The van der Waals surface area contributed by atoms with Crippen LogP contribution >= 0.6 is 8.58 Å². The molecule has 1 unspecified atom stereocenters. The molecule has 0 saturated carbocycles. The SMILES string of the molecule is COc1c(C)cc(C)cc1Pc1ccccc1C(C)=O. The first kappa shape index (κ1) is 14.7. The molecule has 20 heavy (non-hydrogen) atoms. The van der Waals surface area contributed by atoms with Crippen molar-refractivity contribution < 1.29 is 9.53 Å². The maximum absolute atomic E-state index is 11.7. The van der Waals surface area contributed by atoms with E-state index in [2.05, 4.69) is 26.0 Å². The summed E-state index contributed by atoms with van der Waals surface area (Å²) in [6.07, 6.45) is 0. The topological polar surface area (TPSA) is 26.3 Å². The van der Waals surface area contributed by atoms with E-state index in [4.69, 9.17) is 4.74 Å². The zero-order valence-electron chi connectivity index (χ0n) is 12.3. The second-order valence-electron chi connectivity index (χ2n) is 4.89. The standard InChI is InChI=1S/C17H19O2P/c1-11-9-12(2)17(19-4)16(10-11)20-15-8-6-5-7-14(15)13(3)18/h5-10,20H,1-4H3. The molecule has 2 rings (SSSR count). The molecule has 0 saturated heterocycles. The van der Waals surface area contributed by atoms with Crippen molar-refractivity contribution >= 4 is 25.0 Å². The fraction of sp³-hybridized carbons (Fsp3) is 0.235. The number of methoxy groups -OCH3 is 1. The lowest BCUT2D eigenvalue weighted by molar-refractivity contribution is 0.101. The number of hydrogen-bond donors (Lipinski definition) is 0. The summed E-state index contributed by atoms with van der Waals surface area (Å²) < 4.78 is 5.53. The van der Waals surface area contributed by atoms with E-state index in [1.165, 1.54) is 5.56 Å². The van der Waals surface area contributed by atoms with Crippen molar-refractivity contribution in [2.24, 2.45) is 0 Å². The highest BCUT2D eigenvalue weighted by Gasteiger charge is 2.12. The van der Waals surface area contributed by atoms with Crippen molar-refractivity contribution in [2.45, 2.75) is 20.8 Å². The predicted molar refractivity (Wildman–Crippen MR) is 86.5 cm³/mol. The summed E-state index contributed by atoms with van der Waals surface area (Å²) in [4.78, 5) is 11.7. The highest BCUT2D eigenvalue weighted by atomic mass is 31.1. The molecule has 0 fully saturated rings. The molecule has 0 aliphatic heterocycles. The van der Waals surface area contributed by atoms with Crippen molar-refractivity contribution in [3.8, 4) is 5.75 Å². The molecule has 0 aliphatic rings. The first-order chi connectivity index (χ1) is 9.52. The number of hydrogen-bond acceptors (Lipinski definition) is 2. The molecule has 0 bridgehead atoms. The van der Waals surface area contributed by atoms with E-state index in [0.29, 0.717) is 8.58 Å². The first-order valence-electron chi connectivity index (χ1n) is 6.55. The van der Waals surface area contributed by atoms with Gasteiger partial charge in [-0.3, -0.25) is 4.79 Å². The van der Waals surface area contributed by atoms with Crippen LogP contribution in [0.5, 0.6) is 5.75 Å². The van der Waals surface area contributed by atoms with Crippen molar-refractivity contribution in [1.82, 2.24) is 0 Å². The van der Waals surface area contributed by atoms with Crippen molar-refractivity contribution in [3.05, 3.63) is 53.1 Å². The van der Waals surface area contributed by atoms with Gasteiger partial charge in [-0.2, -0.15) is 0 Å². The Kier molecular flexibility index (Phi) is 4.57. The average Bonchev–Trinajstić information content (AvgIpc) is 2.38. The molecule has 0 heterocycles. The van der Waals surface area contributed by atoms with Gasteiger partial charge >= 0.3 is 0 Å². The molecule has 0 spiro atoms. The number of ether oxygens (including phenoxy) is 1. The van der Waals surface area contributed by atoms with Gasteiger partial charge in [0.15, 0.2) is 5.78 Å². The minimum atomic E-state index is 0.108. The Balaban J connectivity index is 2.47. The van der Waals surface area contributed by atoms with Gasteiger partial charge in [0.1, 0.15) is 5.75 Å². The van der Waals surface area contributed by atoms with Crippen LogP contribution in [0.3, 0.4) is 0 Å². The second-order valence-corrected chi connectivity index (χ2v) is 6.22. The highest BCUT2D eigenvalue weighted by molar-refractivity contribution is 7.56. The van der Waals surface area contributed by atoms with Crippen LogP contribution in [0.25, 0.3) is 0 Å². The Morgan fingerprint density at radius 3 is 2.45 bits per heavy atom. The van der Waals surface area contributed by atoms with Gasteiger partial charge in [0, 0.05) is 10.9 Å². The average molecular weight is 286 g/mol. The summed E-state index contributed by atoms with van der Waals surface area (Å²) in [6, 6.07) is 12.0. The van der Waals surface area contributed by atoms with Crippen molar-refractivity contribution in [2.75, 3.05) is 7.11 Å². The third-order valence-corrected chi connectivity index (χ3v) is 4.54. The van der Waals surface area contributed by atoms with Crippen LogP contribution in [0.4, 0.5) is 0 Å². The Morgan fingerprint density at radius 1 is 1.10 bits per heavy atom. The van der Waals surface area contributed by atoms with Crippen LogP contribution in [-0.4, -0.2) is 12.9 Å². The first-order valence-corrected chi connectivity index (χ1v) is 7.55. The highest BCUT2D eigenvalue weighted by Crippen LogP contribution is 2.25. The van der Waals surface area contributed by atoms with Crippen molar-refractivity contribution in [3.63, 3.8) is 0 Å². The van der Waals surface area contributed by atoms with Crippen molar-refractivity contribution in [1.29, 1.82) is 0 Å². The van der Waals surface area contributed by atoms with Crippen LogP contribution < -0.4 is 15.3 Å². The van der Waals surface area contributed by atoms with Gasteiger partial charge in [-0.05, 0) is 43.3 Å². The zero-order valence-corrected chi connectivity index (χ0v) is 13.3. The summed E-state index contributed by atoms with van der Waals surface area (Å²) in [5.41, 5.74) is 3.15. The summed E-state index contributed by atoms with van der Waals surface area (Å²) in [7, 11) is 2.12. The molecule has 0 N–H and O–H groups in total. The summed E-state index contributed by atoms with van der Waals surface area (Å²) in [5, 5.41) is 2.22. The van der Waals surface area contributed by atoms with Crippen LogP contribution in [0.2, 0.25) is 0 Å². The summed E-state index contributed by atoms with van der Waals surface area (Å²) >= 11 is 0. The van der Waals surface area contributed by atoms with Gasteiger partial charge in [-0.15, -0.1) is 0 Å². The molecule has 0 radical (unpaired) electrons. The van der Waals surface area contributed by atoms with Gasteiger partial charge in [-0.1, -0.05) is 38.9 Å². The lowest BCUT2D eigenvalue weighted by Gasteiger charge is -2.14. The monoisotopic (exact) mass is 286 g/mol. The van der Waals surface area contributed by atoms with Gasteiger partial charge in [0.05, 0.1) is 7.11 Å². The fourth-order valence-corrected chi connectivity index (χ4v) is 3.94. The number of rotatable bonds is 4. The normalized spacial score (nSPS) is 11.0. The third kappa shape index (κ3) is 3.08. The number of Topliss-reactive ketones (excluding diaryl/α,β-unsaturated/α-hetero) is 1. The number of carbonyl (C=O) groups excluding carboxylic acids is 1. The molecule has 2 aromatic rings. The second kappa shape index (κ2) is 6.19. The van der Waals surface area contributed by atoms with E-state index >= 15 is 0 Å². The molecular formula is C17H19O2P. The zero-order chi connectivity index (χ0) is 14.7. The lowest BCUT2D eigenvalue weighted by atomic mass is 10.1. The Bertz CT molecular complexity index is 647. The minimum Gasteiger partial charge on any atom is -0.496 e. The van der Waals surface area contributed by atoms with Gasteiger partial charge in [0.2, 0.25) is 0 Å². The molecule has 1 atom stereocenters. The van der Waals surface area contributed by atoms with Crippen LogP contribution in [0.1, 0.15) is 28.4 Å². The van der Waals surface area contributed by atoms with Crippen LogP contribution in [-0.2, 0) is 0 Å². The van der Waals surface area contributed by atoms with E-state index < -0.39 is 0 Å². The van der Waals surface area contributed by atoms with Gasteiger partial charge < -0.3 is 4.74 Å². The molecule has 0 aliphatic carbocycles. The Hall–Kier alpha value is -1.66. The smallest absolute Gasteiger partial charge is 0.160 e. The van der Waals surface area contributed by atoms with E-state index in [1.54, 1.807) is 14.0 Å². The van der Waals surface area contributed by atoms with Gasteiger partial charge in [0.25, 0.3) is 0 Å². The molecule has 2 aromatic carbocycles. The molecule has 3 heteroatoms. The third-order valence-electron chi connectivity index (χ3n) is 3.20. The van der Waals surface area contributed by atoms with E-state index in [1.807, 2.05) is 24.3 Å². The Labute approximate surface area is 122 Å². The maximum Gasteiger partial charge on any atom is 0.160 e. The summed E-state index contributed by atoms with van der Waals surface area (Å²) in [6.45, 7) is 5.75. The lowest BCUT2D eigenvalue weighted by Crippen LogP contribution is -2.14. The molecule has 0 amide bonds. The van der Waals surface area contributed by atoms with E-state index in [0.717, 1.165) is 27.5 Å². The number of carbonyl (C=O) groups is 1. The molecule has 0 aromatic heterocycles. The largest absolute Gasteiger partial charge is 0.496 e. The van der Waals surface area contributed by atoms with E-state index in [9.17, 15) is 4.79 Å². The quantitative estimate of drug-likeness (QED) is 0.637. The maximum atomic E-state index is 11.7. The number of ketones is 1. The molecular weight excluding hydrogens is 267 g/mol. The van der Waals surface area contributed by atoms with Crippen LogP contribution in [0.15, 0.2) is 36.4 Å². The number of benzene rings is 2. The Morgan fingerprint density at radius 2 is 1.80 bits per heavy atom. The predicted octanol–water partition coefficient (Wildman–Crippen LogP) is 3.14. The van der Waals surface area contributed by atoms with Crippen LogP contribution in [0, 0.1) is 13.8 Å². The van der Waals surface area contributed by atoms with Gasteiger partial charge in [-0.25, -0.2) is 0 Å².